The third-order valence-electron chi connectivity index (χ3n) is 4.80. The number of benzene rings is 3. The summed E-state index contributed by atoms with van der Waals surface area (Å²) in [6.45, 7) is 1.83. The lowest BCUT2D eigenvalue weighted by Gasteiger charge is -2.11. The van der Waals surface area contributed by atoms with Crippen LogP contribution in [0.3, 0.4) is 0 Å². The van der Waals surface area contributed by atoms with Crippen LogP contribution in [0, 0.1) is 24.1 Å². The Morgan fingerprint density at radius 1 is 1.16 bits per heavy atom. The number of carbonyl (C=O) groups is 1. The first-order chi connectivity index (χ1) is 14.9. The van der Waals surface area contributed by atoms with Gasteiger partial charge in [0, 0.05) is 17.1 Å². The second-order valence-corrected chi connectivity index (χ2v) is 7.35. The average molecular weight is 435 g/mol. The van der Waals surface area contributed by atoms with E-state index >= 15 is 0 Å². The first kappa shape index (κ1) is 22.1. The largest absolute Gasteiger partial charge is 0.497 e. The van der Waals surface area contributed by atoms with Gasteiger partial charge >= 0.3 is 0 Å². The van der Waals surface area contributed by atoms with Gasteiger partial charge in [-0.3, -0.25) is 4.79 Å². The van der Waals surface area contributed by atoms with E-state index in [-0.39, 0.29) is 17.8 Å². The zero-order valence-electron chi connectivity index (χ0n) is 17.1. The Morgan fingerprint density at radius 2 is 1.94 bits per heavy atom. The molecule has 3 aromatic carbocycles. The van der Waals surface area contributed by atoms with Gasteiger partial charge in [0.25, 0.3) is 5.91 Å². The van der Waals surface area contributed by atoms with E-state index in [0.29, 0.717) is 27.6 Å². The van der Waals surface area contributed by atoms with Crippen molar-refractivity contribution in [2.24, 2.45) is 0 Å². The smallest absolute Gasteiger partial charge is 0.266 e. The molecular formula is C25H20ClFN2O2. The number of anilines is 1. The average Bonchev–Trinajstić information content (AvgIpc) is 2.76. The molecule has 4 nitrogen and oxygen atoms in total. The third kappa shape index (κ3) is 5.50. The van der Waals surface area contributed by atoms with Crippen molar-refractivity contribution in [3.63, 3.8) is 0 Å². The molecule has 0 heterocycles. The second-order valence-electron chi connectivity index (χ2n) is 6.92. The number of nitrogens with zero attached hydrogens (tertiary/aromatic N) is 1. The predicted molar refractivity (Wildman–Crippen MR) is 121 cm³/mol. The fourth-order valence-corrected chi connectivity index (χ4v) is 3.24. The summed E-state index contributed by atoms with van der Waals surface area (Å²) in [7, 11) is 1.54. The highest BCUT2D eigenvalue weighted by atomic mass is 35.5. The van der Waals surface area contributed by atoms with E-state index in [0.717, 1.165) is 11.1 Å². The van der Waals surface area contributed by atoms with Gasteiger partial charge in [-0.2, -0.15) is 5.26 Å². The highest BCUT2D eigenvalue weighted by Gasteiger charge is 2.14. The normalized spacial score (nSPS) is 11.0. The molecular weight excluding hydrogens is 415 g/mol. The van der Waals surface area contributed by atoms with Crippen LogP contribution in [0.4, 0.5) is 10.1 Å². The van der Waals surface area contributed by atoms with E-state index in [1.807, 2.05) is 13.0 Å². The summed E-state index contributed by atoms with van der Waals surface area (Å²) in [5.41, 5.74) is 3.12. The van der Waals surface area contributed by atoms with E-state index in [1.54, 1.807) is 61.7 Å². The second kappa shape index (κ2) is 9.92. The Labute approximate surface area is 185 Å². The number of amides is 1. The molecule has 0 atom stereocenters. The molecule has 1 amide bonds. The number of hydrogen-bond donors (Lipinski definition) is 1. The lowest BCUT2D eigenvalue weighted by atomic mass is 9.97. The molecule has 0 saturated heterocycles. The molecule has 6 heteroatoms. The number of nitrogens with one attached hydrogen (secondary N) is 1. The van der Waals surface area contributed by atoms with E-state index < -0.39 is 5.91 Å². The van der Waals surface area contributed by atoms with Crippen LogP contribution in [0.25, 0.3) is 6.08 Å². The summed E-state index contributed by atoms with van der Waals surface area (Å²) >= 11 is 6.01. The topological polar surface area (TPSA) is 62.1 Å². The van der Waals surface area contributed by atoms with Gasteiger partial charge in [-0.1, -0.05) is 41.9 Å². The maximum atomic E-state index is 14.2. The molecule has 3 rings (SSSR count). The number of ether oxygens (including phenoxy) is 1. The first-order valence-corrected chi connectivity index (χ1v) is 9.88. The van der Waals surface area contributed by atoms with Crippen LogP contribution in [0.15, 0.2) is 66.2 Å². The standard InChI is InChI=1S/C25H20ClFN2O2/c1-16-7-9-21(26)14-24(16)29-25(30)20(15-28)11-17-8-10-22(31-2)13-19(17)12-18-5-3-4-6-23(18)27/h3-11,13-14H,12H2,1-2H3,(H,29,30)/b20-11+. The van der Waals surface area contributed by atoms with Gasteiger partial charge in [0.15, 0.2) is 0 Å². The van der Waals surface area contributed by atoms with Gasteiger partial charge < -0.3 is 10.1 Å². The van der Waals surface area contributed by atoms with Crippen molar-refractivity contribution in [2.75, 3.05) is 12.4 Å². The van der Waals surface area contributed by atoms with Crippen LogP contribution in [0.2, 0.25) is 5.02 Å². The van der Waals surface area contributed by atoms with Crippen LogP contribution in [-0.4, -0.2) is 13.0 Å². The Kier molecular flexibility index (Phi) is 7.07. The summed E-state index contributed by atoms with van der Waals surface area (Å²) in [4.78, 5) is 12.7. The molecule has 1 N–H and O–H groups in total. The molecule has 156 valence electrons. The molecule has 0 aromatic heterocycles. The number of halogens is 2. The highest BCUT2D eigenvalue weighted by molar-refractivity contribution is 6.31. The van der Waals surface area contributed by atoms with Crippen molar-refractivity contribution in [1.82, 2.24) is 0 Å². The number of carbonyl (C=O) groups excluding carboxylic acids is 1. The van der Waals surface area contributed by atoms with Crippen LogP contribution in [0.5, 0.6) is 5.75 Å². The van der Waals surface area contributed by atoms with Crippen LogP contribution in [0.1, 0.15) is 22.3 Å². The van der Waals surface area contributed by atoms with Crippen LogP contribution in [-0.2, 0) is 11.2 Å². The summed E-state index contributed by atoms with van der Waals surface area (Å²) in [5.74, 6) is -0.281. The quantitative estimate of drug-likeness (QED) is 0.386. The molecule has 3 aromatic rings. The van der Waals surface area contributed by atoms with Crippen molar-refractivity contribution >= 4 is 29.3 Å². The van der Waals surface area contributed by atoms with E-state index in [4.69, 9.17) is 16.3 Å². The number of rotatable bonds is 6. The Balaban J connectivity index is 1.96. The van der Waals surface area contributed by atoms with E-state index in [9.17, 15) is 14.4 Å². The van der Waals surface area contributed by atoms with Crippen molar-refractivity contribution in [3.05, 3.63) is 99.3 Å². The molecule has 0 unspecified atom stereocenters. The molecule has 0 spiro atoms. The molecule has 0 bridgehead atoms. The van der Waals surface area contributed by atoms with E-state index in [1.165, 1.54) is 12.1 Å². The molecule has 31 heavy (non-hydrogen) atoms. The van der Waals surface area contributed by atoms with Gasteiger partial charge in [-0.05, 0) is 65.6 Å². The highest BCUT2D eigenvalue weighted by Crippen LogP contribution is 2.25. The Hall–Kier alpha value is -3.62. The molecule has 0 aliphatic carbocycles. The number of aryl methyl sites for hydroxylation is 1. The molecule has 0 radical (unpaired) electrons. The van der Waals surface area contributed by atoms with E-state index in [2.05, 4.69) is 5.32 Å². The maximum absolute atomic E-state index is 14.2. The zero-order valence-corrected chi connectivity index (χ0v) is 17.8. The number of hydrogen-bond acceptors (Lipinski definition) is 3. The zero-order chi connectivity index (χ0) is 22.4. The minimum absolute atomic E-state index is 0.0840. The SMILES string of the molecule is COc1ccc(/C=C(\C#N)C(=O)Nc2cc(Cl)ccc2C)c(Cc2ccccc2F)c1. The van der Waals surface area contributed by atoms with Crippen molar-refractivity contribution in [3.8, 4) is 11.8 Å². The molecule has 0 aliphatic rings. The summed E-state index contributed by atoms with van der Waals surface area (Å²) in [6, 6.07) is 18.8. The summed E-state index contributed by atoms with van der Waals surface area (Å²) in [6.07, 6.45) is 1.77. The number of nitriles is 1. The van der Waals surface area contributed by atoms with Crippen molar-refractivity contribution < 1.29 is 13.9 Å². The third-order valence-corrected chi connectivity index (χ3v) is 5.04. The minimum atomic E-state index is -0.555. The fraction of sp³-hybridized carbons (Fsp3) is 0.120. The predicted octanol–water partition coefficient (Wildman–Crippen LogP) is 5.93. The monoisotopic (exact) mass is 434 g/mol. The summed E-state index contributed by atoms with van der Waals surface area (Å²) in [5, 5.41) is 12.8. The van der Waals surface area contributed by atoms with Gasteiger partial charge in [0.2, 0.25) is 0 Å². The summed E-state index contributed by atoms with van der Waals surface area (Å²) < 4.78 is 19.5. The van der Waals surface area contributed by atoms with Gasteiger partial charge in [-0.25, -0.2) is 4.39 Å². The molecule has 0 fully saturated rings. The molecule has 0 aliphatic heterocycles. The van der Waals surface area contributed by atoms with Gasteiger partial charge in [0.1, 0.15) is 23.2 Å². The van der Waals surface area contributed by atoms with Crippen LogP contribution < -0.4 is 10.1 Å². The van der Waals surface area contributed by atoms with Crippen molar-refractivity contribution in [2.45, 2.75) is 13.3 Å². The number of methoxy groups -OCH3 is 1. The minimum Gasteiger partial charge on any atom is -0.497 e. The molecule has 0 saturated carbocycles. The maximum Gasteiger partial charge on any atom is 0.266 e. The van der Waals surface area contributed by atoms with Crippen LogP contribution >= 0.6 is 11.6 Å². The first-order valence-electron chi connectivity index (χ1n) is 9.51. The Bertz CT molecular complexity index is 1200. The van der Waals surface area contributed by atoms with Gasteiger partial charge in [0.05, 0.1) is 7.11 Å². The lowest BCUT2D eigenvalue weighted by molar-refractivity contribution is -0.112. The lowest BCUT2D eigenvalue weighted by Crippen LogP contribution is -2.14. The van der Waals surface area contributed by atoms with Crippen molar-refractivity contribution in [1.29, 1.82) is 5.26 Å². The Morgan fingerprint density at radius 3 is 2.65 bits per heavy atom. The van der Waals surface area contributed by atoms with Gasteiger partial charge in [-0.15, -0.1) is 0 Å². The fourth-order valence-electron chi connectivity index (χ4n) is 3.07.